The van der Waals surface area contributed by atoms with Gasteiger partial charge in [0.25, 0.3) is 0 Å². The molecule has 5 nitrogen and oxygen atoms in total. The molecule has 1 rings (SSSR count). The molecule has 0 saturated heterocycles. The third kappa shape index (κ3) is 4.00. The molecule has 1 aromatic rings. The van der Waals surface area contributed by atoms with E-state index in [2.05, 4.69) is 15.9 Å². The van der Waals surface area contributed by atoms with Crippen molar-refractivity contribution in [1.29, 1.82) is 5.26 Å². The van der Waals surface area contributed by atoms with Crippen LogP contribution in [0.1, 0.15) is 19.4 Å². The summed E-state index contributed by atoms with van der Waals surface area (Å²) in [5.41, 5.74) is 0.393. The Morgan fingerprint density at radius 2 is 2.15 bits per heavy atom. The smallest absolute Gasteiger partial charge is 0.349 e. The first-order valence-electron chi connectivity index (χ1n) is 5.78. The van der Waals surface area contributed by atoms with Gasteiger partial charge >= 0.3 is 5.97 Å². The second-order valence-corrected chi connectivity index (χ2v) is 5.02. The van der Waals surface area contributed by atoms with Crippen LogP contribution in [0.5, 0.6) is 11.5 Å². The van der Waals surface area contributed by atoms with Gasteiger partial charge in [-0.2, -0.15) is 5.26 Å². The zero-order valence-corrected chi connectivity index (χ0v) is 12.9. The number of phenolic OH excluding ortho intramolecular Hbond substituents is 1. The standard InChI is InChI=1S/C14H14BrNO4/c1-8(2)20-14(18)10(7-16)4-9-5-13(19-3)12(17)6-11(9)15/h4-6,8,17H,1-3H3. The van der Waals surface area contributed by atoms with Crippen molar-refractivity contribution in [3.8, 4) is 17.6 Å². The Labute approximate surface area is 125 Å². The van der Waals surface area contributed by atoms with Gasteiger partial charge in [0.15, 0.2) is 11.5 Å². The average molecular weight is 340 g/mol. The highest BCUT2D eigenvalue weighted by molar-refractivity contribution is 9.10. The van der Waals surface area contributed by atoms with Crippen molar-refractivity contribution in [3.05, 3.63) is 27.7 Å². The maximum atomic E-state index is 11.7. The van der Waals surface area contributed by atoms with Gasteiger partial charge in [-0.15, -0.1) is 0 Å². The lowest BCUT2D eigenvalue weighted by molar-refractivity contribution is -0.142. The van der Waals surface area contributed by atoms with E-state index in [0.29, 0.717) is 10.0 Å². The van der Waals surface area contributed by atoms with Crippen LogP contribution in [0.15, 0.2) is 22.2 Å². The number of phenols is 1. The van der Waals surface area contributed by atoms with Crippen LogP contribution in [0.25, 0.3) is 6.08 Å². The van der Waals surface area contributed by atoms with E-state index in [-0.39, 0.29) is 23.2 Å². The lowest BCUT2D eigenvalue weighted by atomic mass is 10.1. The van der Waals surface area contributed by atoms with E-state index in [0.717, 1.165) is 0 Å². The first-order valence-corrected chi connectivity index (χ1v) is 6.57. The molecular weight excluding hydrogens is 326 g/mol. The molecule has 0 bridgehead atoms. The maximum Gasteiger partial charge on any atom is 0.349 e. The van der Waals surface area contributed by atoms with E-state index in [1.807, 2.05) is 0 Å². The van der Waals surface area contributed by atoms with Crippen LogP contribution in [0.3, 0.4) is 0 Å². The Hall–Kier alpha value is -2.00. The summed E-state index contributed by atoms with van der Waals surface area (Å²) < 4.78 is 10.5. The van der Waals surface area contributed by atoms with E-state index < -0.39 is 5.97 Å². The van der Waals surface area contributed by atoms with Crippen LogP contribution in [-0.4, -0.2) is 24.3 Å². The van der Waals surface area contributed by atoms with E-state index in [1.165, 1.54) is 25.3 Å². The van der Waals surface area contributed by atoms with Crippen molar-refractivity contribution < 1.29 is 19.4 Å². The molecule has 1 N–H and O–H groups in total. The van der Waals surface area contributed by atoms with E-state index in [1.54, 1.807) is 19.9 Å². The number of nitrogens with zero attached hydrogens (tertiary/aromatic N) is 1. The Kier molecular flexibility index (Phi) is 5.59. The Bertz CT molecular complexity index is 588. The molecule has 106 valence electrons. The van der Waals surface area contributed by atoms with Crippen LogP contribution in [-0.2, 0) is 9.53 Å². The Balaban J connectivity index is 3.20. The predicted molar refractivity (Wildman–Crippen MR) is 77.2 cm³/mol. The fraction of sp³-hybridized carbons (Fsp3) is 0.286. The number of nitriles is 1. The van der Waals surface area contributed by atoms with Crippen LogP contribution in [0.2, 0.25) is 0 Å². The Morgan fingerprint density at radius 3 is 2.65 bits per heavy atom. The summed E-state index contributed by atoms with van der Waals surface area (Å²) >= 11 is 3.25. The molecule has 0 unspecified atom stereocenters. The molecule has 0 aliphatic rings. The van der Waals surface area contributed by atoms with Crippen molar-refractivity contribution in [2.45, 2.75) is 20.0 Å². The molecular formula is C14H14BrNO4. The molecule has 20 heavy (non-hydrogen) atoms. The monoisotopic (exact) mass is 339 g/mol. The molecule has 0 aliphatic heterocycles. The van der Waals surface area contributed by atoms with Gasteiger partial charge in [0.2, 0.25) is 0 Å². The molecule has 1 aromatic carbocycles. The number of rotatable bonds is 4. The van der Waals surface area contributed by atoms with Crippen molar-refractivity contribution in [1.82, 2.24) is 0 Å². The highest BCUT2D eigenvalue weighted by Gasteiger charge is 2.14. The second kappa shape index (κ2) is 6.96. The average Bonchev–Trinajstić information content (AvgIpc) is 2.36. The van der Waals surface area contributed by atoms with Gasteiger partial charge in [-0.25, -0.2) is 4.79 Å². The van der Waals surface area contributed by atoms with Crippen LogP contribution in [0.4, 0.5) is 0 Å². The highest BCUT2D eigenvalue weighted by Crippen LogP contribution is 2.33. The van der Waals surface area contributed by atoms with Gasteiger partial charge < -0.3 is 14.6 Å². The number of carbonyl (C=O) groups is 1. The van der Waals surface area contributed by atoms with Crippen molar-refractivity contribution in [2.75, 3.05) is 7.11 Å². The number of ether oxygens (including phenoxy) is 2. The normalized spacial score (nSPS) is 11.1. The molecule has 0 spiro atoms. The van der Waals surface area contributed by atoms with E-state index in [4.69, 9.17) is 14.7 Å². The molecule has 6 heteroatoms. The first kappa shape index (κ1) is 16.1. The topological polar surface area (TPSA) is 79.5 Å². The number of methoxy groups -OCH3 is 1. The molecule has 0 aromatic heterocycles. The van der Waals surface area contributed by atoms with E-state index >= 15 is 0 Å². The molecule has 0 atom stereocenters. The van der Waals surface area contributed by atoms with Gasteiger partial charge in [-0.1, -0.05) is 15.9 Å². The van der Waals surface area contributed by atoms with Crippen molar-refractivity contribution in [3.63, 3.8) is 0 Å². The third-order valence-electron chi connectivity index (χ3n) is 2.28. The number of hydrogen-bond donors (Lipinski definition) is 1. The minimum atomic E-state index is -0.693. The zero-order valence-electron chi connectivity index (χ0n) is 11.3. The summed E-state index contributed by atoms with van der Waals surface area (Å²) in [4.78, 5) is 11.7. The number of esters is 1. The molecule has 0 heterocycles. The Morgan fingerprint density at radius 1 is 1.50 bits per heavy atom. The third-order valence-corrected chi connectivity index (χ3v) is 2.97. The fourth-order valence-electron chi connectivity index (χ4n) is 1.40. The minimum Gasteiger partial charge on any atom is -0.504 e. The first-order chi connectivity index (χ1) is 9.38. The molecule has 0 aliphatic carbocycles. The molecule has 0 amide bonds. The number of hydrogen-bond acceptors (Lipinski definition) is 5. The zero-order chi connectivity index (χ0) is 15.3. The molecule has 0 fully saturated rings. The highest BCUT2D eigenvalue weighted by atomic mass is 79.9. The summed E-state index contributed by atoms with van der Waals surface area (Å²) in [7, 11) is 1.41. The lowest BCUT2D eigenvalue weighted by Crippen LogP contribution is -2.12. The summed E-state index contributed by atoms with van der Waals surface area (Å²) in [6, 6.07) is 4.73. The van der Waals surface area contributed by atoms with Crippen LogP contribution in [0, 0.1) is 11.3 Å². The molecule has 0 saturated carbocycles. The maximum absolute atomic E-state index is 11.7. The number of carbonyl (C=O) groups excluding carboxylic acids is 1. The summed E-state index contributed by atoms with van der Waals surface area (Å²) in [6.45, 7) is 3.40. The predicted octanol–water partition coefficient (Wildman–Crippen LogP) is 3.02. The quantitative estimate of drug-likeness (QED) is 0.518. The van der Waals surface area contributed by atoms with Crippen molar-refractivity contribution in [2.24, 2.45) is 0 Å². The second-order valence-electron chi connectivity index (χ2n) is 4.17. The summed E-state index contributed by atoms with van der Waals surface area (Å²) in [5, 5.41) is 18.6. The van der Waals surface area contributed by atoms with Gasteiger partial charge in [0, 0.05) is 4.47 Å². The summed E-state index contributed by atoms with van der Waals surface area (Å²) in [6.07, 6.45) is 1.06. The summed E-state index contributed by atoms with van der Waals surface area (Å²) in [5.74, 6) is -0.491. The van der Waals surface area contributed by atoms with Gasteiger partial charge in [-0.3, -0.25) is 0 Å². The van der Waals surface area contributed by atoms with Gasteiger partial charge in [0.05, 0.1) is 13.2 Å². The number of benzene rings is 1. The largest absolute Gasteiger partial charge is 0.504 e. The number of halogens is 1. The van der Waals surface area contributed by atoms with Crippen molar-refractivity contribution >= 4 is 28.0 Å². The SMILES string of the molecule is COc1cc(C=C(C#N)C(=O)OC(C)C)c(Br)cc1O. The van der Waals surface area contributed by atoms with Gasteiger partial charge in [0.1, 0.15) is 11.6 Å². The van der Waals surface area contributed by atoms with Gasteiger partial charge in [-0.05, 0) is 37.6 Å². The number of aromatic hydroxyl groups is 1. The van der Waals surface area contributed by atoms with E-state index in [9.17, 15) is 9.90 Å². The fourth-order valence-corrected chi connectivity index (χ4v) is 1.85. The lowest BCUT2D eigenvalue weighted by Gasteiger charge is -2.08. The molecule has 0 radical (unpaired) electrons. The van der Waals surface area contributed by atoms with Crippen LogP contribution >= 0.6 is 15.9 Å². The van der Waals surface area contributed by atoms with Crippen LogP contribution < -0.4 is 4.74 Å². The minimum absolute atomic E-state index is 0.0419.